The van der Waals surface area contributed by atoms with Crippen LogP contribution in [0, 0.1) is 6.92 Å². The van der Waals surface area contributed by atoms with E-state index in [2.05, 4.69) is 50.3 Å². The summed E-state index contributed by atoms with van der Waals surface area (Å²) in [4.78, 5) is 12.1. The molecule has 0 fully saturated rings. The fourth-order valence-electron chi connectivity index (χ4n) is 3.05. The Balaban J connectivity index is 2.06. The number of benzene rings is 2. The van der Waals surface area contributed by atoms with E-state index >= 15 is 0 Å². The van der Waals surface area contributed by atoms with Crippen LogP contribution in [0.5, 0.6) is 0 Å². The maximum Gasteiger partial charge on any atom is 0.273 e. The fourth-order valence-corrected chi connectivity index (χ4v) is 3.31. The Morgan fingerprint density at radius 1 is 1.19 bits per heavy atom. The van der Waals surface area contributed by atoms with E-state index in [1.54, 1.807) is 6.07 Å². The Kier molecular flexibility index (Phi) is 5.63. The molecule has 3 aromatic rings. The predicted molar refractivity (Wildman–Crippen MR) is 105 cm³/mol. The van der Waals surface area contributed by atoms with Gasteiger partial charge in [0.2, 0.25) is 0 Å². The van der Waals surface area contributed by atoms with Gasteiger partial charge in [-0.15, -0.1) is 0 Å². The molecule has 0 radical (unpaired) electrons. The topological polar surface area (TPSA) is 78.3 Å². The van der Waals surface area contributed by atoms with E-state index in [1.807, 2.05) is 36.4 Å². The van der Waals surface area contributed by atoms with Gasteiger partial charge >= 0.3 is 0 Å². The van der Waals surface area contributed by atoms with Crippen molar-refractivity contribution in [2.45, 2.75) is 19.3 Å². The largest absolute Gasteiger partial charge is 0.411 e. The Labute approximate surface area is 159 Å². The molecule has 1 aromatic heterocycles. The van der Waals surface area contributed by atoms with E-state index in [0.717, 1.165) is 21.2 Å². The van der Waals surface area contributed by atoms with Crippen molar-refractivity contribution in [3.63, 3.8) is 0 Å². The summed E-state index contributed by atoms with van der Waals surface area (Å²) in [5.41, 5.74) is 3.61. The van der Waals surface area contributed by atoms with Gasteiger partial charge in [-0.2, -0.15) is 5.10 Å². The van der Waals surface area contributed by atoms with Crippen LogP contribution in [0.4, 0.5) is 0 Å². The number of hydrogen-bond acceptors (Lipinski definition) is 4. The highest BCUT2D eigenvalue weighted by Crippen LogP contribution is 2.32. The van der Waals surface area contributed by atoms with Crippen molar-refractivity contribution in [1.82, 2.24) is 10.2 Å². The van der Waals surface area contributed by atoms with Crippen molar-refractivity contribution in [2.24, 2.45) is 5.16 Å². The lowest BCUT2D eigenvalue weighted by molar-refractivity contribution is 0.317. The summed E-state index contributed by atoms with van der Waals surface area (Å²) in [5, 5.41) is 19.1. The van der Waals surface area contributed by atoms with Crippen molar-refractivity contribution in [3.8, 4) is 0 Å². The second-order valence-electron chi connectivity index (χ2n) is 6.01. The van der Waals surface area contributed by atoms with Gasteiger partial charge in [0.1, 0.15) is 0 Å². The Morgan fingerprint density at radius 2 is 1.92 bits per heavy atom. The number of oxime groups is 1. The number of rotatable bonds is 5. The molecule has 0 aliphatic rings. The van der Waals surface area contributed by atoms with Gasteiger partial charge in [0, 0.05) is 23.0 Å². The number of aromatic amines is 1. The van der Waals surface area contributed by atoms with E-state index in [4.69, 9.17) is 0 Å². The van der Waals surface area contributed by atoms with Gasteiger partial charge in [0.25, 0.3) is 5.56 Å². The lowest BCUT2D eigenvalue weighted by Crippen LogP contribution is -2.21. The van der Waals surface area contributed by atoms with Crippen molar-refractivity contribution < 1.29 is 5.21 Å². The third-order valence-electron chi connectivity index (χ3n) is 4.39. The van der Waals surface area contributed by atoms with E-state index in [0.29, 0.717) is 17.7 Å². The highest BCUT2D eigenvalue weighted by atomic mass is 79.9. The van der Waals surface area contributed by atoms with Gasteiger partial charge in [0.05, 0.1) is 11.3 Å². The zero-order chi connectivity index (χ0) is 18.5. The first kappa shape index (κ1) is 18.1. The van der Waals surface area contributed by atoms with Crippen LogP contribution >= 0.6 is 15.9 Å². The summed E-state index contributed by atoms with van der Waals surface area (Å²) in [6.45, 7) is 2.05. The summed E-state index contributed by atoms with van der Waals surface area (Å²) in [6.07, 6.45) is 1.86. The minimum atomic E-state index is -0.375. The monoisotopic (exact) mass is 411 g/mol. The van der Waals surface area contributed by atoms with Crippen molar-refractivity contribution in [2.75, 3.05) is 0 Å². The standard InChI is InChI=1S/C20H18BrN3O2/c1-13-4-2-3-5-16(13)18(14-6-8-15(21)9-7-14)12-19(24-26)17-10-11-22-23-20(17)25/h2-11,18,26H,12H2,1H3,(H,23,25)/b24-19-. The summed E-state index contributed by atoms with van der Waals surface area (Å²) < 4.78 is 0.992. The van der Waals surface area contributed by atoms with Crippen LogP contribution in [0.1, 0.15) is 34.6 Å². The van der Waals surface area contributed by atoms with Gasteiger partial charge < -0.3 is 5.21 Å². The second-order valence-corrected chi connectivity index (χ2v) is 6.93. The molecule has 1 unspecified atom stereocenters. The van der Waals surface area contributed by atoms with E-state index in [-0.39, 0.29) is 11.5 Å². The summed E-state index contributed by atoms with van der Waals surface area (Å²) in [7, 11) is 0. The molecule has 6 heteroatoms. The van der Waals surface area contributed by atoms with Gasteiger partial charge in [-0.1, -0.05) is 57.5 Å². The lowest BCUT2D eigenvalue weighted by atomic mass is 9.84. The van der Waals surface area contributed by atoms with Crippen LogP contribution in [-0.4, -0.2) is 21.1 Å². The Bertz CT molecular complexity index is 981. The zero-order valence-corrected chi connectivity index (χ0v) is 15.8. The quantitative estimate of drug-likeness (QED) is 0.374. The van der Waals surface area contributed by atoms with Crippen LogP contribution in [-0.2, 0) is 0 Å². The molecule has 2 aromatic carbocycles. The number of aromatic nitrogens is 2. The molecule has 0 spiro atoms. The van der Waals surface area contributed by atoms with E-state index < -0.39 is 0 Å². The summed E-state index contributed by atoms with van der Waals surface area (Å²) >= 11 is 3.46. The molecule has 26 heavy (non-hydrogen) atoms. The first-order valence-corrected chi connectivity index (χ1v) is 8.95. The molecule has 0 aliphatic heterocycles. The number of nitrogens with zero attached hydrogens (tertiary/aromatic N) is 2. The average Bonchev–Trinajstić information content (AvgIpc) is 2.65. The fraction of sp³-hybridized carbons (Fsp3) is 0.150. The summed E-state index contributed by atoms with van der Waals surface area (Å²) in [6, 6.07) is 17.7. The third kappa shape index (κ3) is 3.91. The molecule has 3 rings (SSSR count). The van der Waals surface area contributed by atoms with Gasteiger partial charge in [-0.3, -0.25) is 4.79 Å². The Hall–Kier alpha value is -2.73. The van der Waals surface area contributed by atoms with Crippen molar-refractivity contribution in [3.05, 3.63) is 97.9 Å². The maximum atomic E-state index is 12.1. The number of H-pyrrole nitrogens is 1. The molecule has 1 atom stereocenters. The van der Waals surface area contributed by atoms with Crippen LogP contribution < -0.4 is 5.56 Å². The number of aryl methyl sites for hydroxylation is 1. The number of nitrogens with one attached hydrogen (secondary N) is 1. The lowest BCUT2D eigenvalue weighted by Gasteiger charge is -2.20. The molecule has 5 nitrogen and oxygen atoms in total. The van der Waals surface area contributed by atoms with Gasteiger partial charge in [-0.05, 0) is 41.8 Å². The molecule has 0 aliphatic carbocycles. The molecular weight excluding hydrogens is 394 g/mol. The molecule has 1 heterocycles. The van der Waals surface area contributed by atoms with Crippen LogP contribution in [0.2, 0.25) is 0 Å². The van der Waals surface area contributed by atoms with E-state index in [9.17, 15) is 10.0 Å². The van der Waals surface area contributed by atoms with E-state index in [1.165, 1.54) is 6.20 Å². The average molecular weight is 412 g/mol. The van der Waals surface area contributed by atoms with Gasteiger partial charge in [-0.25, -0.2) is 5.10 Å². The Morgan fingerprint density at radius 3 is 2.58 bits per heavy atom. The minimum Gasteiger partial charge on any atom is -0.411 e. The van der Waals surface area contributed by atoms with Gasteiger partial charge in [0.15, 0.2) is 0 Å². The highest BCUT2D eigenvalue weighted by molar-refractivity contribution is 9.10. The van der Waals surface area contributed by atoms with Crippen LogP contribution in [0.3, 0.4) is 0 Å². The highest BCUT2D eigenvalue weighted by Gasteiger charge is 2.21. The molecule has 0 amide bonds. The first-order chi connectivity index (χ1) is 12.6. The molecule has 0 saturated carbocycles. The third-order valence-corrected chi connectivity index (χ3v) is 4.92. The molecule has 132 valence electrons. The maximum absolute atomic E-state index is 12.1. The van der Waals surface area contributed by atoms with Crippen molar-refractivity contribution in [1.29, 1.82) is 0 Å². The summed E-state index contributed by atoms with van der Waals surface area (Å²) in [5.74, 6) is -0.0530. The van der Waals surface area contributed by atoms with Crippen LogP contribution in [0.15, 0.2) is 75.2 Å². The number of halogens is 1. The molecular formula is C20H18BrN3O2. The predicted octanol–water partition coefficient (Wildman–Crippen LogP) is 4.24. The first-order valence-electron chi connectivity index (χ1n) is 8.16. The SMILES string of the molecule is Cc1ccccc1C(C/C(=N/O)c1ccn[nH]c1=O)c1ccc(Br)cc1. The smallest absolute Gasteiger partial charge is 0.273 e. The van der Waals surface area contributed by atoms with Crippen molar-refractivity contribution >= 4 is 21.6 Å². The number of hydrogen-bond donors (Lipinski definition) is 2. The second kappa shape index (κ2) is 8.10. The molecule has 0 saturated heterocycles. The molecule has 0 bridgehead atoms. The zero-order valence-electron chi connectivity index (χ0n) is 14.2. The minimum absolute atomic E-state index is 0.0530. The van der Waals surface area contributed by atoms with Crippen LogP contribution in [0.25, 0.3) is 0 Å². The molecule has 2 N–H and O–H groups in total. The normalized spacial score (nSPS) is 12.8.